The van der Waals surface area contributed by atoms with E-state index in [-0.39, 0.29) is 6.04 Å². The Morgan fingerprint density at radius 2 is 1.89 bits per heavy atom. The lowest BCUT2D eigenvalue weighted by molar-refractivity contribution is 0.790. The second kappa shape index (κ2) is 6.42. The monoisotopic (exact) mass is 338 g/mol. The summed E-state index contributed by atoms with van der Waals surface area (Å²) in [6.07, 6.45) is 0. The van der Waals surface area contributed by atoms with E-state index in [1.54, 1.807) is 0 Å². The Hall–Kier alpha value is -1.03. The summed E-state index contributed by atoms with van der Waals surface area (Å²) in [5.74, 6) is 0. The molecule has 19 heavy (non-hydrogen) atoms. The van der Waals surface area contributed by atoms with Crippen molar-refractivity contribution in [2.45, 2.75) is 13.0 Å². The number of rotatable bonds is 4. The van der Waals surface area contributed by atoms with Crippen LogP contribution in [0.4, 0.5) is 5.69 Å². The predicted molar refractivity (Wildman–Crippen MR) is 85.7 cm³/mol. The second-order valence-corrected chi connectivity index (χ2v) is 5.85. The van der Waals surface area contributed by atoms with Crippen molar-refractivity contribution in [1.82, 2.24) is 0 Å². The van der Waals surface area contributed by atoms with Crippen molar-refractivity contribution >= 4 is 33.2 Å². The molecule has 100 valence electrons. The highest BCUT2D eigenvalue weighted by atomic mass is 79.9. The van der Waals surface area contributed by atoms with E-state index < -0.39 is 0 Å². The van der Waals surface area contributed by atoms with E-state index in [0.717, 1.165) is 20.7 Å². The number of hydrogen-bond acceptors (Lipinski definition) is 2. The molecule has 2 rings (SSSR count). The highest BCUT2D eigenvalue weighted by molar-refractivity contribution is 9.10. The van der Waals surface area contributed by atoms with Crippen molar-refractivity contribution in [3.63, 3.8) is 0 Å². The van der Waals surface area contributed by atoms with E-state index >= 15 is 0 Å². The van der Waals surface area contributed by atoms with Gasteiger partial charge >= 0.3 is 0 Å². The predicted octanol–water partition coefficient (Wildman–Crippen LogP) is 4.52. The van der Waals surface area contributed by atoms with Gasteiger partial charge in [0.15, 0.2) is 0 Å². The van der Waals surface area contributed by atoms with Crippen LogP contribution in [0.25, 0.3) is 0 Å². The van der Waals surface area contributed by atoms with Gasteiger partial charge in [0, 0.05) is 21.7 Å². The molecule has 2 aromatic carbocycles. The zero-order chi connectivity index (χ0) is 13.8. The summed E-state index contributed by atoms with van der Waals surface area (Å²) in [4.78, 5) is 0. The molecule has 0 fully saturated rings. The van der Waals surface area contributed by atoms with Crippen LogP contribution < -0.4 is 11.1 Å². The van der Waals surface area contributed by atoms with Crippen LogP contribution >= 0.6 is 27.5 Å². The minimum absolute atomic E-state index is 0.0750. The highest BCUT2D eigenvalue weighted by Gasteiger charge is 2.09. The number of anilines is 1. The van der Waals surface area contributed by atoms with Gasteiger partial charge in [-0.15, -0.1) is 0 Å². The molecule has 0 aromatic heterocycles. The van der Waals surface area contributed by atoms with E-state index in [1.165, 1.54) is 5.56 Å². The van der Waals surface area contributed by atoms with Gasteiger partial charge < -0.3 is 11.1 Å². The second-order valence-electron chi connectivity index (χ2n) is 4.50. The summed E-state index contributed by atoms with van der Waals surface area (Å²) >= 11 is 9.41. The van der Waals surface area contributed by atoms with Gasteiger partial charge in [0.2, 0.25) is 0 Å². The van der Waals surface area contributed by atoms with Gasteiger partial charge in [-0.05, 0) is 48.4 Å². The number of benzene rings is 2. The molecule has 0 amide bonds. The number of nitrogens with one attached hydrogen (secondary N) is 1. The van der Waals surface area contributed by atoms with E-state index in [0.29, 0.717) is 6.54 Å². The molecule has 0 saturated carbocycles. The molecule has 1 unspecified atom stereocenters. The van der Waals surface area contributed by atoms with Gasteiger partial charge in [-0.1, -0.05) is 39.7 Å². The summed E-state index contributed by atoms with van der Waals surface area (Å²) in [6.45, 7) is 2.59. The maximum Gasteiger partial charge on any atom is 0.0636 e. The normalized spacial score (nSPS) is 12.2. The fraction of sp³-hybridized carbons (Fsp3) is 0.200. The third kappa shape index (κ3) is 3.96. The highest BCUT2D eigenvalue weighted by Crippen LogP contribution is 2.24. The van der Waals surface area contributed by atoms with Crippen LogP contribution in [0.1, 0.15) is 17.2 Å². The van der Waals surface area contributed by atoms with Crippen molar-refractivity contribution in [2.75, 3.05) is 11.9 Å². The third-order valence-corrected chi connectivity index (χ3v) is 3.60. The van der Waals surface area contributed by atoms with E-state index in [1.807, 2.05) is 30.3 Å². The Morgan fingerprint density at radius 3 is 2.47 bits per heavy atom. The van der Waals surface area contributed by atoms with E-state index in [9.17, 15) is 0 Å². The summed E-state index contributed by atoms with van der Waals surface area (Å²) in [5.41, 5.74) is 9.24. The molecule has 2 aromatic rings. The SMILES string of the molecule is Cc1cc(Br)cc(NC(CN)c2ccc(Cl)cc2)c1. The van der Waals surface area contributed by atoms with Crippen molar-refractivity contribution in [3.8, 4) is 0 Å². The Balaban J connectivity index is 2.21. The average Bonchev–Trinajstić information content (AvgIpc) is 2.36. The van der Waals surface area contributed by atoms with Crippen LogP contribution in [0.15, 0.2) is 46.9 Å². The summed E-state index contributed by atoms with van der Waals surface area (Å²) in [5, 5.41) is 4.18. The molecule has 0 heterocycles. The Bertz CT molecular complexity index is 534. The smallest absolute Gasteiger partial charge is 0.0636 e. The molecule has 2 nitrogen and oxygen atoms in total. The van der Waals surface area contributed by atoms with E-state index in [2.05, 4.69) is 40.3 Å². The largest absolute Gasteiger partial charge is 0.377 e. The van der Waals surface area contributed by atoms with Gasteiger partial charge in [-0.2, -0.15) is 0 Å². The minimum Gasteiger partial charge on any atom is -0.377 e. The first-order valence-electron chi connectivity index (χ1n) is 6.08. The zero-order valence-electron chi connectivity index (χ0n) is 10.7. The first-order valence-corrected chi connectivity index (χ1v) is 7.25. The lowest BCUT2D eigenvalue weighted by Crippen LogP contribution is -2.20. The van der Waals surface area contributed by atoms with Crippen LogP contribution in [-0.4, -0.2) is 6.54 Å². The van der Waals surface area contributed by atoms with Crippen molar-refractivity contribution in [3.05, 3.63) is 63.1 Å². The lowest BCUT2D eigenvalue weighted by Gasteiger charge is -2.19. The van der Waals surface area contributed by atoms with Gasteiger partial charge in [-0.3, -0.25) is 0 Å². The minimum atomic E-state index is 0.0750. The maximum absolute atomic E-state index is 5.90. The molecule has 0 aliphatic heterocycles. The van der Waals surface area contributed by atoms with Crippen molar-refractivity contribution in [1.29, 1.82) is 0 Å². The number of halogens is 2. The Labute approximate surface area is 127 Å². The van der Waals surface area contributed by atoms with Crippen LogP contribution in [-0.2, 0) is 0 Å². The molecule has 0 saturated heterocycles. The average molecular weight is 340 g/mol. The lowest BCUT2D eigenvalue weighted by atomic mass is 10.1. The molecular formula is C15H16BrClN2. The van der Waals surface area contributed by atoms with Crippen LogP contribution in [0.3, 0.4) is 0 Å². The molecular weight excluding hydrogens is 324 g/mol. The van der Waals surface area contributed by atoms with Gasteiger partial charge in [0.25, 0.3) is 0 Å². The molecule has 0 spiro atoms. The molecule has 0 bridgehead atoms. The number of aryl methyl sites for hydroxylation is 1. The van der Waals surface area contributed by atoms with Crippen molar-refractivity contribution in [2.24, 2.45) is 5.73 Å². The van der Waals surface area contributed by atoms with Gasteiger partial charge in [-0.25, -0.2) is 0 Å². The number of hydrogen-bond donors (Lipinski definition) is 2. The molecule has 0 aliphatic carbocycles. The molecule has 0 aliphatic rings. The van der Waals surface area contributed by atoms with Crippen LogP contribution in [0.2, 0.25) is 5.02 Å². The summed E-state index contributed by atoms with van der Waals surface area (Å²) in [7, 11) is 0. The first-order chi connectivity index (χ1) is 9.08. The summed E-state index contributed by atoms with van der Waals surface area (Å²) < 4.78 is 1.06. The molecule has 0 radical (unpaired) electrons. The van der Waals surface area contributed by atoms with Crippen molar-refractivity contribution < 1.29 is 0 Å². The fourth-order valence-electron chi connectivity index (χ4n) is 1.99. The van der Waals surface area contributed by atoms with E-state index in [4.69, 9.17) is 17.3 Å². The Morgan fingerprint density at radius 1 is 1.21 bits per heavy atom. The van der Waals surface area contributed by atoms with Gasteiger partial charge in [0.1, 0.15) is 0 Å². The van der Waals surface area contributed by atoms with Gasteiger partial charge in [0.05, 0.1) is 6.04 Å². The quantitative estimate of drug-likeness (QED) is 0.859. The molecule has 3 N–H and O–H groups in total. The standard InChI is InChI=1S/C15H16BrClN2/c1-10-6-12(16)8-14(7-10)19-15(9-18)11-2-4-13(17)5-3-11/h2-8,15,19H,9,18H2,1H3. The molecule has 4 heteroatoms. The number of nitrogens with two attached hydrogens (primary N) is 1. The van der Waals surface area contributed by atoms with Crippen LogP contribution in [0.5, 0.6) is 0 Å². The first kappa shape index (κ1) is 14.4. The zero-order valence-corrected chi connectivity index (χ0v) is 13.0. The fourth-order valence-corrected chi connectivity index (χ4v) is 2.73. The topological polar surface area (TPSA) is 38.0 Å². The Kier molecular flexibility index (Phi) is 4.86. The summed E-state index contributed by atoms with van der Waals surface area (Å²) in [6, 6.07) is 14.1. The molecule has 1 atom stereocenters. The van der Waals surface area contributed by atoms with Crippen LogP contribution in [0, 0.1) is 6.92 Å². The third-order valence-electron chi connectivity index (χ3n) is 2.89. The maximum atomic E-state index is 5.90.